The van der Waals surface area contributed by atoms with Crippen LogP contribution in [0.1, 0.15) is 15.2 Å². The zero-order chi connectivity index (χ0) is 15.7. The highest BCUT2D eigenvalue weighted by Crippen LogP contribution is 2.24. The molecule has 0 atom stereocenters. The van der Waals surface area contributed by atoms with E-state index in [9.17, 15) is 9.59 Å². The van der Waals surface area contributed by atoms with Crippen molar-refractivity contribution in [2.24, 2.45) is 0 Å². The predicted octanol–water partition coefficient (Wildman–Crippen LogP) is 3.04. The number of hydrogen-bond acceptors (Lipinski definition) is 5. The molecule has 0 saturated carbocycles. The number of anilines is 1. The summed E-state index contributed by atoms with van der Waals surface area (Å²) in [7, 11) is 0. The summed E-state index contributed by atoms with van der Waals surface area (Å²) in [6, 6.07) is 7.46. The van der Waals surface area contributed by atoms with Gasteiger partial charge in [0.25, 0.3) is 11.5 Å². The van der Waals surface area contributed by atoms with Crippen LogP contribution in [0.3, 0.4) is 0 Å². The van der Waals surface area contributed by atoms with E-state index < -0.39 is 5.91 Å². The molecule has 112 valence electrons. The van der Waals surface area contributed by atoms with E-state index >= 15 is 0 Å². The van der Waals surface area contributed by atoms with E-state index in [1.165, 1.54) is 33.7 Å². The van der Waals surface area contributed by atoms with Gasteiger partial charge in [-0.1, -0.05) is 12.1 Å². The number of nitrogens with zero attached hydrogens (tertiary/aromatic N) is 2. The van der Waals surface area contributed by atoms with Crippen molar-refractivity contribution in [2.75, 3.05) is 11.6 Å². The first-order chi connectivity index (χ1) is 10.6. The second-order valence-electron chi connectivity index (χ2n) is 4.63. The Morgan fingerprint density at radius 1 is 1.36 bits per heavy atom. The average Bonchev–Trinajstić information content (AvgIpc) is 2.89. The SMILES string of the molecule is CSc1ccccc1NC(=O)c1cnc2sc(C)cn2c1=O. The molecule has 1 aromatic carbocycles. The van der Waals surface area contributed by atoms with Crippen LogP contribution in [0.2, 0.25) is 0 Å². The number of rotatable bonds is 3. The van der Waals surface area contributed by atoms with E-state index in [4.69, 9.17) is 0 Å². The van der Waals surface area contributed by atoms with Crippen molar-refractivity contribution in [3.63, 3.8) is 0 Å². The van der Waals surface area contributed by atoms with Gasteiger partial charge in [-0.25, -0.2) is 4.98 Å². The number of amides is 1. The summed E-state index contributed by atoms with van der Waals surface area (Å²) in [6.07, 6.45) is 4.97. The lowest BCUT2D eigenvalue weighted by molar-refractivity contribution is 0.102. The lowest BCUT2D eigenvalue weighted by atomic mass is 10.2. The Balaban J connectivity index is 1.99. The van der Waals surface area contributed by atoms with Crippen LogP contribution >= 0.6 is 23.1 Å². The summed E-state index contributed by atoms with van der Waals surface area (Å²) in [5.41, 5.74) is 0.366. The largest absolute Gasteiger partial charge is 0.321 e. The summed E-state index contributed by atoms with van der Waals surface area (Å²) in [5, 5.41) is 2.78. The Kier molecular flexibility index (Phi) is 4.00. The molecule has 22 heavy (non-hydrogen) atoms. The first-order valence-electron chi connectivity index (χ1n) is 6.52. The van der Waals surface area contributed by atoms with Crippen LogP contribution < -0.4 is 10.9 Å². The number of thiazole rings is 1. The predicted molar refractivity (Wildman–Crippen MR) is 90.3 cm³/mol. The normalized spacial score (nSPS) is 10.8. The van der Waals surface area contributed by atoms with Gasteiger partial charge in [0.05, 0.1) is 5.69 Å². The molecule has 2 aromatic heterocycles. The van der Waals surface area contributed by atoms with E-state index in [2.05, 4.69) is 10.3 Å². The lowest BCUT2D eigenvalue weighted by Crippen LogP contribution is -2.26. The smallest absolute Gasteiger partial charge is 0.271 e. The quantitative estimate of drug-likeness (QED) is 0.749. The topological polar surface area (TPSA) is 63.5 Å². The van der Waals surface area contributed by atoms with Crippen molar-refractivity contribution in [1.29, 1.82) is 0 Å². The van der Waals surface area contributed by atoms with E-state index in [0.29, 0.717) is 10.6 Å². The van der Waals surface area contributed by atoms with Crippen molar-refractivity contribution in [3.05, 3.63) is 57.5 Å². The summed E-state index contributed by atoms with van der Waals surface area (Å²) in [4.78, 5) is 31.5. The third kappa shape index (κ3) is 2.65. The molecule has 0 fully saturated rings. The molecular formula is C15H13N3O2S2. The maximum absolute atomic E-state index is 12.4. The zero-order valence-electron chi connectivity index (χ0n) is 12.0. The molecule has 2 heterocycles. The molecule has 1 N–H and O–H groups in total. The van der Waals surface area contributed by atoms with Gasteiger partial charge in [0, 0.05) is 22.2 Å². The summed E-state index contributed by atoms with van der Waals surface area (Å²) >= 11 is 2.94. The van der Waals surface area contributed by atoms with Crippen molar-refractivity contribution in [1.82, 2.24) is 9.38 Å². The van der Waals surface area contributed by atoms with Crippen LogP contribution in [0.25, 0.3) is 4.96 Å². The minimum atomic E-state index is -0.447. The number of hydrogen-bond donors (Lipinski definition) is 1. The number of carbonyl (C=O) groups is 1. The van der Waals surface area contributed by atoms with Crippen LogP contribution in [-0.4, -0.2) is 21.5 Å². The molecule has 3 rings (SSSR count). The Morgan fingerprint density at radius 2 is 2.14 bits per heavy atom. The minimum Gasteiger partial charge on any atom is -0.321 e. The van der Waals surface area contributed by atoms with E-state index in [-0.39, 0.29) is 11.1 Å². The van der Waals surface area contributed by atoms with Crippen molar-refractivity contribution in [3.8, 4) is 0 Å². The summed E-state index contributed by atoms with van der Waals surface area (Å²) in [6.45, 7) is 1.90. The lowest BCUT2D eigenvalue weighted by Gasteiger charge is -2.08. The number of fused-ring (bicyclic) bond motifs is 1. The summed E-state index contributed by atoms with van der Waals surface area (Å²) in [5.74, 6) is -0.447. The number of para-hydroxylation sites is 1. The molecule has 0 spiro atoms. The minimum absolute atomic E-state index is 0.0335. The van der Waals surface area contributed by atoms with Crippen LogP contribution in [0.4, 0.5) is 5.69 Å². The fraction of sp³-hybridized carbons (Fsp3) is 0.133. The molecule has 3 aromatic rings. The molecule has 0 radical (unpaired) electrons. The number of aromatic nitrogens is 2. The fourth-order valence-electron chi connectivity index (χ4n) is 2.09. The number of carbonyl (C=O) groups excluding carboxylic acids is 1. The van der Waals surface area contributed by atoms with E-state index in [0.717, 1.165) is 9.77 Å². The summed E-state index contributed by atoms with van der Waals surface area (Å²) < 4.78 is 1.41. The molecule has 0 aliphatic carbocycles. The molecule has 0 aliphatic rings. The monoisotopic (exact) mass is 331 g/mol. The average molecular weight is 331 g/mol. The van der Waals surface area contributed by atoms with Gasteiger partial charge in [-0.2, -0.15) is 0 Å². The maximum atomic E-state index is 12.4. The van der Waals surface area contributed by atoms with Gasteiger partial charge in [-0.15, -0.1) is 23.1 Å². The molecule has 1 amide bonds. The van der Waals surface area contributed by atoms with E-state index in [1.807, 2.05) is 37.4 Å². The van der Waals surface area contributed by atoms with Crippen LogP contribution in [0.5, 0.6) is 0 Å². The Bertz CT molecular complexity index is 915. The fourth-order valence-corrected chi connectivity index (χ4v) is 3.43. The molecule has 0 aliphatic heterocycles. The highest BCUT2D eigenvalue weighted by Gasteiger charge is 2.15. The molecule has 7 heteroatoms. The standard InChI is InChI=1S/C15H13N3O2S2/c1-9-8-18-14(20)10(7-16-15(18)22-9)13(19)17-11-5-3-4-6-12(11)21-2/h3-8H,1-2H3,(H,17,19). The Labute approximate surface area is 135 Å². The first-order valence-corrected chi connectivity index (χ1v) is 8.56. The van der Waals surface area contributed by atoms with Gasteiger partial charge in [0.15, 0.2) is 4.96 Å². The number of nitrogens with one attached hydrogen (secondary N) is 1. The van der Waals surface area contributed by atoms with Crippen LogP contribution in [-0.2, 0) is 0 Å². The van der Waals surface area contributed by atoms with Gasteiger partial charge in [-0.05, 0) is 25.3 Å². The van der Waals surface area contributed by atoms with Gasteiger partial charge >= 0.3 is 0 Å². The van der Waals surface area contributed by atoms with Crippen LogP contribution in [0.15, 0.2) is 46.3 Å². The van der Waals surface area contributed by atoms with Gasteiger partial charge in [0.2, 0.25) is 0 Å². The third-order valence-electron chi connectivity index (χ3n) is 3.12. The highest BCUT2D eigenvalue weighted by atomic mass is 32.2. The van der Waals surface area contributed by atoms with Gasteiger partial charge in [-0.3, -0.25) is 14.0 Å². The molecule has 0 saturated heterocycles. The molecular weight excluding hydrogens is 318 g/mol. The molecule has 0 unspecified atom stereocenters. The highest BCUT2D eigenvalue weighted by molar-refractivity contribution is 7.98. The van der Waals surface area contributed by atoms with Crippen molar-refractivity contribution >= 4 is 39.7 Å². The van der Waals surface area contributed by atoms with Gasteiger partial charge in [0.1, 0.15) is 5.56 Å². The first kappa shape index (κ1) is 14.8. The molecule has 0 bridgehead atoms. The van der Waals surface area contributed by atoms with Crippen LogP contribution in [0, 0.1) is 6.92 Å². The second kappa shape index (κ2) is 5.94. The zero-order valence-corrected chi connectivity index (χ0v) is 13.6. The van der Waals surface area contributed by atoms with Crippen molar-refractivity contribution < 1.29 is 4.79 Å². The maximum Gasteiger partial charge on any atom is 0.271 e. The number of thioether (sulfide) groups is 1. The third-order valence-corrected chi connectivity index (χ3v) is 4.83. The van der Waals surface area contributed by atoms with E-state index in [1.54, 1.807) is 6.20 Å². The number of benzene rings is 1. The van der Waals surface area contributed by atoms with Gasteiger partial charge < -0.3 is 5.32 Å². The Hall–Kier alpha value is -2.12. The number of aryl methyl sites for hydroxylation is 1. The Morgan fingerprint density at radius 3 is 2.91 bits per heavy atom. The second-order valence-corrected chi connectivity index (χ2v) is 6.69. The molecule has 5 nitrogen and oxygen atoms in total. The van der Waals surface area contributed by atoms with Crippen molar-refractivity contribution in [2.45, 2.75) is 11.8 Å².